The number of fused-ring (bicyclic) bond motifs is 3. The van der Waals surface area contributed by atoms with Crippen LogP contribution in [-0.2, 0) is 12.0 Å². The van der Waals surface area contributed by atoms with Gasteiger partial charge in [0, 0.05) is 17.3 Å². The Morgan fingerprint density at radius 1 is 1.23 bits per heavy atom. The van der Waals surface area contributed by atoms with Gasteiger partial charge in [0.15, 0.2) is 17.1 Å². The van der Waals surface area contributed by atoms with Gasteiger partial charge in [-0.25, -0.2) is 8.78 Å². The monoisotopic (exact) mass is 421 g/mol. The largest absolute Gasteiger partial charge is 0.396 e. The molecule has 0 bridgehead atoms. The van der Waals surface area contributed by atoms with Crippen molar-refractivity contribution in [2.45, 2.75) is 57.3 Å². The predicted molar refractivity (Wildman–Crippen MR) is 113 cm³/mol. The van der Waals surface area contributed by atoms with Crippen LogP contribution in [-0.4, -0.2) is 40.8 Å². The lowest BCUT2D eigenvalue weighted by Gasteiger charge is -2.31. The van der Waals surface area contributed by atoms with Crippen LogP contribution in [0.25, 0.3) is 10.9 Å². The number of nitrogens with zero attached hydrogens (tertiary/aromatic N) is 2. The molecule has 2 aromatic rings. The second kappa shape index (κ2) is 7.18. The van der Waals surface area contributed by atoms with Gasteiger partial charge in [0.1, 0.15) is 11.9 Å². The van der Waals surface area contributed by atoms with Crippen LogP contribution in [0.2, 0.25) is 0 Å². The second-order valence-corrected chi connectivity index (χ2v) is 9.14. The Kier molecular flexibility index (Phi) is 5.03. The number of aliphatic hydroxyl groups is 1. The average molecular weight is 421 g/mol. The zero-order chi connectivity index (χ0) is 22.0. The first-order chi connectivity index (χ1) is 14.0. The Hall–Kier alpha value is -2.23. The van der Waals surface area contributed by atoms with Gasteiger partial charge in [-0.2, -0.15) is 0 Å². The molecule has 30 heavy (non-hydrogen) atoms. The van der Waals surface area contributed by atoms with Gasteiger partial charge >= 0.3 is 0 Å². The van der Waals surface area contributed by atoms with Crippen molar-refractivity contribution in [3.05, 3.63) is 33.1 Å². The standard InChI is InChI=1S/C21H29F2N5O2/c1-21(2)7-4-11-12(20(25)30)19(29)13-16(24)14(22)17(15(23)18(13)28(11)21)26-10-5-8-27(3)9-6-10/h10,20,26,30H,4-9,24-25H2,1-3H3. The number of aliphatic hydroxyl groups excluding tert-OH is 1. The zero-order valence-electron chi connectivity index (χ0n) is 17.6. The van der Waals surface area contributed by atoms with Crippen molar-refractivity contribution in [2.24, 2.45) is 5.73 Å². The van der Waals surface area contributed by atoms with Gasteiger partial charge in [-0.15, -0.1) is 0 Å². The van der Waals surface area contributed by atoms with E-state index in [1.807, 2.05) is 20.9 Å². The lowest BCUT2D eigenvalue weighted by Crippen LogP contribution is -2.37. The van der Waals surface area contributed by atoms with Gasteiger partial charge in [-0.1, -0.05) is 0 Å². The lowest BCUT2D eigenvalue weighted by molar-refractivity contribution is 0.183. The maximum Gasteiger partial charge on any atom is 0.199 e. The van der Waals surface area contributed by atoms with Crippen LogP contribution >= 0.6 is 0 Å². The van der Waals surface area contributed by atoms with Crippen molar-refractivity contribution >= 4 is 22.3 Å². The fourth-order valence-electron chi connectivity index (χ4n) is 4.90. The summed E-state index contributed by atoms with van der Waals surface area (Å²) < 4.78 is 32.7. The molecule has 3 heterocycles. The smallest absolute Gasteiger partial charge is 0.199 e. The van der Waals surface area contributed by atoms with E-state index < -0.39 is 34.5 Å². The Labute approximate surface area is 173 Å². The molecule has 2 aliphatic rings. The molecule has 0 aliphatic carbocycles. The quantitative estimate of drug-likeness (QED) is 0.446. The third kappa shape index (κ3) is 3.07. The summed E-state index contributed by atoms with van der Waals surface area (Å²) in [6.07, 6.45) is 1.01. The number of pyridine rings is 1. The van der Waals surface area contributed by atoms with Gasteiger partial charge in [0.2, 0.25) is 0 Å². The highest BCUT2D eigenvalue weighted by atomic mass is 19.1. The highest BCUT2D eigenvalue weighted by Gasteiger charge is 2.37. The molecule has 1 unspecified atom stereocenters. The minimum atomic E-state index is -1.56. The summed E-state index contributed by atoms with van der Waals surface area (Å²) >= 11 is 0. The molecule has 9 heteroatoms. The maximum absolute atomic E-state index is 15.8. The summed E-state index contributed by atoms with van der Waals surface area (Å²) in [7, 11) is 2.01. The molecule has 0 saturated carbocycles. The lowest BCUT2D eigenvalue weighted by atomic mass is 10.0. The van der Waals surface area contributed by atoms with Crippen LogP contribution < -0.4 is 22.2 Å². The van der Waals surface area contributed by atoms with E-state index >= 15 is 8.78 Å². The number of nitrogens with one attached hydrogen (secondary N) is 1. The van der Waals surface area contributed by atoms with Crippen molar-refractivity contribution in [3.8, 4) is 0 Å². The van der Waals surface area contributed by atoms with Gasteiger partial charge in [0.25, 0.3) is 0 Å². The van der Waals surface area contributed by atoms with Gasteiger partial charge in [-0.3, -0.25) is 4.79 Å². The van der Waals surface area contributed by atoms with Gasteiger partial charge < -0.3 is 31.4 Å². The van der Waals surface area contributed by atoms with Gasteiger partial charge in [-0.05, 0) is 59.7 Å². The normalized spacial score (nSPS) is 20.5. The van der Waals surface area contributed by atoms with Gasteiger partial charge in [0.05, 0.1) is 22.2 Å². The zero-order valence-corrected chi connectivity index (χ0v) is 17.6. The van der Waals surface area contributed by atoms with Crippen molar-refractivity contribution < 1.29 is 13.9 Å². The maximum atomic E-state index is 15.8. The number of benzene rings is 1. The molecule has 1 saturated heterocycles. The first-order valence-corrected chi connectivity index (χ1v) is 10.3. The topological polar surface area (TPSA) is 110 Å². The molecule has 1 aromatic carbocycles. The van der Waals surface area contributed by atoms with Crippen LogP contribution in [0.4, 0.5) is 20.2 Å². The minimum Gasteiger partial charge on any atom is -0.396 e. The molecule has 164 valence electrons. The van der Waals surface area contributed by atoms with E-state index in [9.17, 15) is 9.90 Å². The van der Waals surface area contributed by atoms with E-state index in [2.05, 4.69) is 10.2 Å². The second-order valence-electron chi connectivity index (χ2n) is 9.14. The van der Waals surface area contributed by atoms with Crippen LogP contribution in [0.1, 0.15) is 50.6 Å². The number of aromatic nitrogens is 1. The molecule has 1 fully saturated rings. The Morgan fingerprint density at radius 2 is 1.87 bits per heavy atom. The number of likely N-dealkylation sites (tertiary alicyclic amines) is 1. The third-order valence-electron chi connectivity index (χ3n) is 6.61. The fourth-order valence-corrected chi connectivity index (χ4v) is 4.90. The molecule has 2 aliphatic heterocycles. The molecule has 1 aromatic heterocycles. The van der Waals surface area contributed by atoms with Crippen molar-refractivity contribution in [1.82, 2.24) is 9.47 Å². The number of rotatable bonds is 3. The molecular weight excluding hydrogens is 392 g/mol. The predicted octanol–water partition coefficient (Wildman–Crippen LogP) is 2.00. The van der Waals surface area contributed by atoms with Crippen LogP contribution in [0.5, 0.6) is 0 Å². The summed E-state index contributed by atoms with van der Waals surface area (Å²) in [4.78, 5) is 15.3. The third-order valence-corrected chi connectivity index (χ3v) is 6.61. The van der Waals surface area contributed by atoms with Crippen LogP contribution in [0, 0.1) is 11.6 Å². The molecular formula is C21H29F2N5O2. The van der Waals surface area contributed by atoms with Crippen molar-refractivity contribution in [1.29, 1.82) is 0 Å². The number of hydrogen-bond acceptors (Lipinski definition) is 6. The molecule has 0 amide bonds. The highest BCUT2D eigenvalue weighted by molar-refractivity contribution is 5.96. The first-order valence-electron chi connectivity index (χ1n) is 10.3. The van der Waals surface area contributed by atoms with E-state index in [4.69, 9.17) is 11.5 Å². The first kappa shape index (κ1) is 21.0. The molecule has 1 atom stereocenters. The number of nitrogen functional groups attached to an aromatic ring is 1. The van der Waals surface area contributed by atoms with E-state index in [0.29, 0.717) is 18.5 Å². The van der Waals surface area contributed by atoms with Crippen LogP contribution in [0.15, 0.2) is 4.79 Å². The SMILES string of the molecule is CN1CCC(Nc2c(F)c(N)c3c(=O)c(C(N)O)c4n(c3c2F)C(C)(C)CC4)CC1. The summed E-state index contributed by atoms with van der Waals surface area (Å²) in [5.41, 5.74) is 10.1. The van der Waals surface area contributed by atoms with E-state index in [-0.39, 0.29) is 28.2 Å². The Morgan fingerprint density at radius 3 is 2.47 bits per heavy atom. The van der Waals surface area contributed by atoms with E-state index in [1.165, 1.54) is 0 Å². The number of anilines is 2. The van der Waals surface area contributed by atoms with Crippen LogP contribution in [0.3, 0.4) is 0 Å². The van der Waals surface area contributed by atoms with E-state index in [0.717, 1.165) is 25.9 Å². The number of halogens is 2. The highest BCUT2D eigenvalue weighted by Crippen LogP contribution is 2.41. The number of nitrogens with two attached hydrogens (primary N) is 2. The minimum absolute atomic E-state index is 0.0313. The summed E-state index contributed by atoms with van der Waals surface area (Å²) in [5, 5.41) is 12.8. The molecule has 0 radical (unpaired) electrons. The molecule has 4 rings (SSSR count). The van der Waals surface area contributed by atoms with Crippen molar-refractivity contribution in [3.63, 3.8) is 0 Å². The Balaban J connectivity index is 2.00. The number of hydrogen-bond donors (Lipinski definition) is 4. The van der Waals surface area contributed by atoms with Crippen molar-refractivity contribution in [2.75, 3.05) is 31.2 Å². The number of piperidine rings is 1. The summed E-state index contributed by atoms with van der Waals surface area (Å²) in [6.45, 7) is 5.46. The molecule has 0 spiro atoms. The molecule has 7 nitrogen and oxygen atoms in total. The summed E-state index contributed by atoms with van der Waals surface area (Å²) in [5.74, 6) is -1.81. The average Bonchev–Trinajstić information content (AvgIpc) is 2.98. The fraction of sp³-hybridized carbons (Fsp3) is 0.571. The Bertz CT molecular complexity index is 1070. The van der Waals surface area contributed by atoms with E-state index in [1.54, 1.807) is 4.57 Å². The summed E-state index contributed by atoms with van der Waals surface area (Å²) in [6, 6.07) is -0.0926. The molecule has 6 N–H and O–H groups in total.